The van der Waals surface area contributed by atoms with Crippen molar-refractivity contribution in [1.29, 1.82) is 0 Å². The largest absolute Gasteiger partial charge is 0.481 e. The standard InChI is InChI=1S/C23H28F3N3O4.C19H21F3N2O4/c1-13(2)28-12-19(31)29(11-16-5-7-18(8-6-16)23(24,25)26)22(21(28)33)9-17(10-22)20(32)27-14(3)15(4)30;1-11(2)23-10-15(25)24(18(17(23)28)7-13(8-18)16(26)27)9-12-3-5-14(6-4-12)19(20,21)22/h5-8,13-14,17H,9-12H2,1-4H3,(H,27,32);3-6,11,13H,7-10H2,1-2H3,(H,26,27). The third-order valence-corrected chi connectivity index (χ3v) is 12.1. The van der Waals surface area contributed by atoms with Gasteiger partial charge in [-0.05, 0) is 103 Å². The highest BCUT2D eigenvalue weighted by Gasteiger charge is 2.63. The normalized spacial score (nSPS) is 24.8. The van der Waals surface area contributed by atoms with E-state index in [2.05, 4.69) is 5.32 Å². The molecule has 2 saturated heterocycles. The van der Waals surface area contributed by atoms with Crippen molar-refractivity contribution >= 4 is 41.3 Å². The summed E-state index contributed by atoms with van der Waals surface area (Å²) in [4.78, 5) is 93.2. The lowest BCUT2D eigenvalue weighted by Crippen LogP contribution is -2.74. The summed E-state index contributed by atoms with van der Waals surface area (Å²) in [6.45, 7) is 9.74. The summed E-state index contributed by atoms with van der Waals surface area (Å²) < 4.78 is 76.9. The molecule has 5 amide bonds. The van der Waals surface area contributed by atoms with Crippen LogP contribution >= 0.6 is 0 Å². The van der Waals surface area contributed by atoms with Crippen LogP contribution in [0.3, 0.4) is 0 Å². The fourth-order valence-electron chi connectivity index (χ4n) is 8.22. The zero-order valence-corrected chi connectivity index (χ0v) is 34.5. The number of halogens is 6. The molecule has 0 bridgehead atoms. The van der Waals surface area contributed by atoms with E-state index in [1.165, 1.54) is 50.8 Å². The first-order valence-electron chi connectivity index (χ1n) is 19.8. The van der Waals surface area contributed by atoms with E-state index in [1.807, 2.05) is 0 Å². The summed E-state index contributed by atoms with van der Waals surface area (Å²) in [5.74, 6) is -4.09. The summed E-state index contributed by atoms with van der Waals surface area (Å²) in [5.41, 5.74) is -3.17. The fourth-order valence-corrected chi connectivity index (χ4v) is 8.22. The molecule has 2 N–H and O–H groups in total. The Morgan fingerprint density at radius 2 is 1.00 bits per heavy atom. The quantitative estimate of drug-likeness (QED) is 0.314. The zero-order valence-electron chi connectivity index (χ0n) is 34.5. The Hall–Kier alpha value is -5.49. The van der Waals surface area contributed by atoms with E-state index in [1.54, 1.807) is 34.6 Å². The third-order valence-electron chi connectivity index (χ3n) is 12.1. The van der Waals surface area contributed by atoms with Gasteiger partial charge >= 0.3 is 18.3 Å². The zero-order chi connectivity index (χ0) is 45.6. The number of ketones is 1. The van der Waals surface area contributed by atoms with Crippen molar-refractivity contribution < 1.29 is 65.0 Å². The topological polar surface area (TPSA) is 165 Å². The average Bonchev–Trinajstić information content (AvgIpc) is 3.12. The summed E-state index contributed by atoms with van der Waals surface area (Å²) >= 11 is 0. The number of piperazine rings is 2. The molecule has 19 heteroatoms. The Morgan fingerprint density at radius 3 is 1.30 bits per heavy atom. The van der Waals surface area contributed by atoms with Gasteiger partial charge in [-0.15, -0.1) is 0 Å². The van der Waals surface area contributed by atoms with Crippen molar-refractivity contribution in [1.82, 2.24) is 24.9 Å². The predicted octanol–water partition coefficient (Wildman–Crippen LogP) is 5.05. The van der Waals surface area contributed by atoms with E-state index in [0.29, 0.717) is 11.1 Å². The van der Waals surface area contributed by atoms with Crippen LogP contribution in [0.2, 0.25) is 0 Å². The van der Waals surface area contributed by atoms with Crippen molar-refractivity contribution in [2.24, 2.45) is 11.8 Å². The predicted molar refractivity (Wildman–Crippen MR) is 205 cm³/mol. The molecule has 2 aromatic rings. The number of carbonyl (C=O) groups is 7. The molecule has 6 rings (SSSR count). The first-order valence-corrected chi connectivity index (χ1v) is 19.8. The highest BCUT2D eigenvalue weighted by Crippen LogP contribution is 2.48. The third kappa shape index (κ3) is 9.39. The molecular weight excluding hydrogens is 816 g/mol. The van der Waals surface area contributed by atoms with Crippen molar-refractivity contribution in [2.45, 2.75) is 122 Å². The first kappa shape index (κ1) is 46.6. The molecule has 61 heavy (non-hydrogen) atoms. The first-order chi connectivity index (χ1) is 28.2. The van der Waals surface area contributed by atoms with Crippen molar-refractivity contribution in [3.8, 4) is 0 Å². The Morgan fingerprint density at radius 1 is 0.656 bits per heavy atom. The molecule has 2 aliphatic heterocycles. The number of alkyl halides is 6. The summed E-state index contributed by atoms with van der Waals surface area (Å²) in [5, 5.41) is 11.8. The van der Waals surface area contributed by atoms with Crippen LogP contribution in [0.15, 0.2) is 48.5 Å². The Labute approximate surface area is 348 Å². The van der Waals surface area contributed by atoms with Crippen LogP contribution in [-0.2, 0) is 59.0 Å². The fraction of sp³-hybridized carbons (Fsp3) is 0.548. The van der Waals surface area contributed by atoms with Gasteiger partial charge in [0.1, 0.15) is 24.2 Å². The summed E-state index contributed by atoms with van der Waals surface area (Å²) in [7, 11) is 0. The molecule has 0 radical (unpaired) electrons. The van der Waals surface area contributed by atoms with Gasteiger partial charge in [0.2, 0.25) is 29.5 Å². The second kappa shape index (κ2) is 17.1. The van der Waals surface area contributed by atoms with Gasteiger partial charge in [-0.25, -0.2) is 0 Å². The minimum Gasteiger partial charge on any atom is -0.481 e. The molecule has 4 aliphatic rings. The molecule has 2 saturated carbocycles. The van der Waals surface area contributed by atoms with Gasteiger partial charge in [0.25, 0.3) is 0 Å². The maximum atomic E-state index is 13.4. The molecule has 2 aliphatic carbocycles. The van der Waals surface area contributed by atoms with Crippen LogP contribution in [0.25, 0.3) is 0 Å². The Balaban J connectivity index is 0.000000234. The van der Waals surface area contributed by atoms with Gasteiger partial charge in [0.05, 0.1) is 23.1 Å². The maximum absolute atomic E-state index is 13.4. The van der Waals surface area contributed by atoms with E-state index >= 15 is 0 Å². The molecule has 2 heterocycles. The smallest absolute Gasteiger partial charge is 0.416 e. The molecule has 1 unspecified atom stereocenters. The second-order valence-corrected chi connectivity index (χ2v) is 16.9. The van der Waals surface area contributed by atoms with E-state index < -0.39 is 58.4 Å². The molecule has 13 nitrogen and oxygen atoms in total. The van der Waals surface area contributed by atoms with Gasteiger partial charge in [0.15, 0.2) is 5.78 Å². The highest BCUT2D eigenvalue weighted by atomic mass is 19.4. The SMILES string of the molecule is CC(=O)C(C)NC(=O)C1CC2(C1)C(=O)N(C(C)C)CC(=O)N2Cc1ccc(C(F)(F)F)cc1.CC(C)N1CC(=O)N(Cc2ccc(C(F)(F)F)cc2)C2(CC(C(=O)O)C2)C1=O. The van der Waals surface area contributed by atoms with E-state index in [4.69, 9.17) is 0 Å². The van der Waals surface area contributed by atoms with Crippen molar-refractivity contribution in [3.63, 3.8) is 0 Å². The lowest BCUT2D eigenvalue weighted by molar-refractivity contribution is -0.183. The Bertz CT molecular complexity index is 2040. The number of hydrogen-bond acceptors (Lipinski definition) is 7. The number of carbonyl (C=O) groups excluding carboxylic acids is 6. The highest BCUT2D eigenvalue weighted by molar-refractivity contribution is 6.01. The van der Waals surface area contributed by atoms with Crippen LogP contribution in [-0.4, -0.2) is 108 Å². The molecule has 2 spiro atoms. The van der Waals surface area contributed by atoms with Crippen molar-refractivity contribution in [3.05, 3.63) is 70.8 Å². The number of hydrogen-bond donors (Lipinski definition) is 2. The molecular formula is C42H49F6N5O8. The van der Waals surface area contributed by atoms with Crippen LogP contribution in [0, 0.1) is 11.8 Å². The molecule has 332 valence electrons. The summed E-state index contributed by atoms with van der Waals surface area (Å²) in [6, 6.07) is 7.78. The molecule has 1 atom stereocenters. The number of benzene rings is 2. The molecule has 2 aromatic carbocycles. The van der Waals surface area contributed by atoms with E-state index in [9.17, 15) is 65.0 Å². The lowest BCUT2D eigenvalue weighted by Gasteiger charge is -2.57. The monoisotopic (exact) mass is 865 g/mol. The van der Waals surface area contributed by atoms with E-state index in [-0.39, 0.29) is 99.3 Å². The molecule has 4 fully saturated rings. The van der Waals surface area contributed by atoms with Gasteiger partial charge in [-0.2, -0.15) is 26.3 Å². The number of Topliss-reactive ketones (excluding diaryl/α,β-unsaturated/α-hetero) is 1. The van der Waals surface area contributed by atoms with E-state index in [0.717, 1.165) is 24.3 Å². The average molecular weight is 866 g/mol. The maximum Gasteiger partial charge on any atom is 0.416 e. The van der Waals surface area contributed by atoms with Crippen LogP contribution in [0.5, 0.6) is 0 Å². The van der Waals surface area contributed by atoms with Gasteiger partial charge in [0, 0.05) is 31.1 Å². The minimum atomic E-state index is -4.47. The number of amides is 5. The van der Waals surface area contributed by atoms with Crippen LogP contribution in [0.1, 0.15) is 89.5 Å². The lowest BCUT2D eigenvalue weighted by atomic mass is 9.64. The van der Waals surface area contributed by atoms with Gasteiger partial charge in [-0.1, -0.05) is 24.3 Å². The number of nitrogens with one attached hydrogen (secondary N) is 1. The minimum absolute atomic E-state index is 0.0107. The van der Waals surface area contributed by atoms with Crippen LogP contribution in [0.4, 0.5) is 26.3 Å². The van der Waals surface area contributed by atoms with Crippen molar-refractivity contribution in [2.75, 3.05) is 13.1 Å². The van der Waals surface area contributed by atoms with Crippen LogP contribution < -0.4 is 5.32 Å². The summed E-state index contributed by atoms with van der Waals surface area (Å²) in [6.07, 6.45) is -8.72. The van der Waals surface area contributed by atoms with Gasteiger partial charge in [-0.3, -0.25) is 33.6 Å². The van der Waals surface area contributed by atoms with Gasteiger partial charge < -0.3 is 30.0 Å². The number of carboxylic acid groups (broad SMARTS) is 1. The second-order valence-electron chi connectivity index (χ2n) is 16.9. The Kier molecular flexibility index (Phi) is 13.1. The number of aliphatic carboxylic acids is 1. The number of rotatable bonds is 10. The molecule has 0 aromatic heterocycles. The number of nitrogens with zero attached hydrogens (tertiary/aromatic N) is 4. The number of carboxylic acids is 1.